The molecule has 0 radical (unpaired) electrons. The predicted molar refractivity (Wildman–Crippen MR) is 92.3 cm³/mol. The van der Waals surface area contributed by atoms with Gasteiger partial charge in [-0.25, -0.2) is 4.79 Å². The fraction of sp³-hybridized carbons (Fsp3) is 0.222. The maximum Gasteiger partial charge on any atom is 0.327 e. The van der Waals surface area contributed by atoms with E-state index in [-0.39, 0.29) is 12.3 Å². The number of hydrogen-bond acceptors (Lipinski definition) is 3. The highest BCUT2D eigenvalue weighted by Crippen LogP contribution is 2.13. The Bertz CT molecular complexity index is 631. The molecule has 2 rings (SSSR count). The quantitative estimate of drug-likeness (QED) is 0.781. The third-order valence-electron chi connectivity index (χ3n) is 3.24. The first-order chi connectivity index (χ1) is 11.1. The maximum absolute atomic E-state index is 12.0. The Morgan fingerprint density at radius 1 is 0.957 bits per heavy atom. The van der Waals surface area contributed by atoms with Gasteiger partial charge in [0.25, 0.3) is 0 Å². The highest BCUT2D eigenvalue weighted by atomic mass is 32.2. The molecule has 0 bridgehead atoms. The van der Waals surface area contributed by atoms with E-state index in [4.69, 9.17) is 0 Å². The smallest absolute Gasteiger partial charge is 0.327 e. The van der Waals surface area contributed by atoms with Crippen molar-refractivity contribution in [3.05, 3.63) is 71.8 Å². The third-order valence-corrected chi connectivity index (χ3v) is 4.34. The number of nitrogens with one attached hydrogen (secondary N) is 1. The zero-order valence-corrected chi connectivity index (χ0v) is 13.5. The Balaban J connectivity index is 1.81. The second-order valence-electron chi connectivity index (χ2n) is 5.12. The van der Waals surface area contributed by atoms with Crippen molar-refractivity contribution in [3.63, 3.8) is 0 Å². The number of carbonyl (C=O) groups is 2. The van der Waals surface area contributed by atoms with Crippen LogP contribution in [0.5, 0.6) is 0 Å². The van der Waals surface area contributed by atoms with Gasteiger partial charge in [0.2, 0.25) is 5.91 Å². The summed E-state index contributed by atoms with van der Waals surface area (Å²) in [7, 11) is 0. The Kier molecular flexibility index (Phi) is 6.69. The summed E-state index contributed by atoms with van der Waals surface area (Å²) in [5.74, 6) is -0.222. The Labute approximate surface area is 139 Å². The van der Waals surface area contributed by atoms with E-state index in [1.807, 2.05) is 60.7 Å². The lowest BCUT2D eigenvalue weighted by Gasteiger charge is -2.14. The molecule has 1 unspecified atom stereocenters. The molecular formula is C18H19NO3S. The summed E-state index contributed by atoms with van der Waals surface area (Å²) in [4.78, 5) is 23.3. The van der Waals surface area contributed by atoms with E-state index in [0.29, 0.717) is 5.75 Å². The highest BCUT2D eigenvalue weighted by Gasteiger charge is 2.19. The van der Waals surface area contributed by atoms with Crippen LogP contribution in [-0.2, 0) is 21.8 Å². The summed E-state index contributed by atoms with van der Waals surface area (Å²) < 4.78 is 0. The molecule has 0 aliphatic carbocycles. The number of carboxylic acids is 1. The van der Waals surface area contributed by atoms with Crippen LogP contribution in [0.3, 0.4) is 0 Å². The Hall–Kier alpha value is -2.27. The number of hydrogen-bond donors (Lipinski definition) is 2. The fourth-order valence-corrected chi connectivity index (χ4v) is 3.08. The summed E-state index contributed by atoms with van der Waals surface area (Å²) in [5.41, 5.74) is 2.00. The first-order valence-corrected chi connectivity index (χ1v) is 8.48. The van der Waals surface area contributed by atoms with Gasteiger partial charge in [0.15, 0.2) is 0 Å². The largest absolute Gasteiger partial charge is 0.480 e. The zero-order valence-electron chi connectivity index (χ0n) is 12.6. The molecule has 0 spiro atoms. The molecule has 4 nitrogen and oxygen atoms in total. The van der Waals surface area contributed by atoms with Crippen LogP contribution in [0.2, 0.25) is 0 Å². The molecule has 0 aliphatic heterocycles. The lowest BCUT2D eigenvalue weighted by atomic mass is 10.1. The van der Waals surface area contributed by atoms with Crippen molar-refractivity contribution < 1.29 is 14.7 Å². The van der Waals surface area contributed by atoms with Gasteiger partial charge >= 0.3 is 5.97 Å². The predicted octanol–water partition coefficient (Wildman–Crippen LogP) is 2.73. The first-order valence-electron chi connectivity index (χ1n) is 7.33. The van der Waals surface area contributed by atoms with Crippen LogP contribution in [0, 0.1) is 0 Å². The molecule has 1 atom stereocenters. The number of rotatable bonds is 8. The molecular weight excluding hydrogens is 310 g/mol. The summed E-state index contributed by atoms with van der Waals surface area (Å²) >= 11 is 1.50. The normalized spacial score (nSPS) is 11.7. The molecule has 0 saturated heterocycles. The molecule has 1 amide bonds. The minimum atomic E-state index is -1.01. The van der Waals surface area contributed by atoms with Crippen LogP contribution in [-0.4, -0.2) is 28.8 Å². The van der Waals surface area contributed by atoms with Crippen molar-refractivity contribution in [1.82, 2.24) is 5.32 Å². The van der Waals surface area contributed by atoms with Gasteiger partial charge in [0.05, 0.1) is 6.42 Å². The topological polar surface area (TPSA) is 66.4 Å². The van der Waals surface area contributed by atoms with Gasteiger partial charge in [-0.3, -0.25) is 4.79 Å². The van der Waals surface area contributed by atoms with Gasteiger partial charge in [0.1, 0.15) is 6.04 Å². The van der Waals surface area contributed by atoms with Gasteiger partial charge in [-0.15, -0.1) is 0 Å². The summed E-state index contributed by atoms with van der Waals surface area (Å²) in [5, 5.41) is 11.8. The van der Waals surface area contributed by atoms with Crippen molar-refractivity contribution in [2.45, 2.75) is 18.2 Å². The number of aliphatic carboxylic acids is 1. The molecule has 0 aliphatic rings. The van der Waals surface area contributed by atoms with E-state index in [0.717, 1.165) is 16.9 Å². The Morgan fingerprint density at radius 3 is 2.09 bits per heavy atom. The van der Waals surface area contributed by atoms with Gasteiger partial charge in [-0.1, -0.05) is 60.7 Å². The van der Waals surface area contributed by atoms with Crippen molar-refractivity contribution in [2.24, 2.45) is 0 Å². The minimum Gasteiger partial charge on any atom is -0.480 e. The summed E-state index contributed by atoms with van der Waals surface area (Å²) in [6.45, 7) is 0. The van der Waals surface area contributed by atoms with Crippen LogP contribution in [0.15, 0.2) is 60.7 Å². The highest BCUT2D eigenvalue weighted by molar-refractivity contribution is 7.98. The minimum absolute atomic E-state index is 0.188. The molecule has 0 saturated carbocycles. The SMILES string of the molecule is O=C(Cc1ccccc1)NC(CSCc1ccccc1)C(=O)O. The zero-order chi connectivity index (χ0) is 16.5. The van der Waals surface area contributed by atoms with Crippen LogP contribution in [0.4, 0.5) is 0 Å². The van der Waals surface area contributed by atoms with E-state index in [2.05, 4.69) is 5.32 Å². The van der Waals surface area contributed by atoms with Crippen LogP contribution in [0.1, 0.15) is 11.1 Å². The first kappa shape index (κ1) is 17.1. The van der Waals surface area contributed by atoms with E-state index in [9.17, 15) is 14.7 Å². The molecule has 0 fully saturated rings. The van der Waals surface area contributed by atoms with E-state index < -0.39 is 12.0 Å². The monoisotopic (exact) mass is 329 g/mol. The molecule has 120 valence electrons. The van der Waals surface area contributed by atoms with Crippen LogP contribution < -0.4 is 5.32 Å². The molecule has 2 aromatic carbocycles. The number of carboxylic acid groups (broad SMARTS) is 1. The van der Waals surface area contributed by atoms with E-state index in [1.54, 1.807) is 0 Å². The molecule has 5 heteroatoms. The fourth-order valence-electron chi connectivity index (χ4n) is 2.07. The van der Waals surface area contributed by atoms with Crippen molar-refractivity contribution in [3.8, 4) is 0 Å². The lowest BCUT2D eigenvalue weighted by molar-refractivity contribution is -0.141. The second-order valence-corrected chi connectivity index (χ2v) is 6.15. The van der Waals surface area contributed by atoms with Crippen LogP contribution in [0.25, 0.3) is 0 Å². The van der Waals surface area contributed by atoms with Gasteiger partial charge in [-0.05, 0) is 11.1 Å². The van der Waals surface area contributed by atoms with Gasteiger partial charge < -0.3 is 10.4 Å². The van der Waals surface area contributed by atoms with Crippen molar-refractivity contribution in [2.75, 3.05) is 5.75 Å². The summed E-state index contributed by atoms with van der Waals surface area (Å²) in [6, 6.07) is 18.2. The van der Waals surface area contributed by atoms with Gasteiger partial charge in [-0.2, -0.15) is 11.8 Å². The molecule has 0 heterocycles. The Morgan fingerprint density at radius 2 is 1.52 bits per heavy atom. The number of benzene rings is 2. The van der Waals surface area contributed by atoms with Gasteiger partial charge in [0, 0.05) is 11.5 Å². The van der Waals surface area contributed by atoms with Crippen molar-refractivity contribution >= 4 is 23.6 Å². The molecule has 23 heavy (non-hydrogen) atoms. The van der Waals surface area contributed by atoms with E-state index in [1.165, 1.54) is 11.8 Å². The van der Waals surface area contributed by atoms with E-state index >= 15 is 0 Å². The molecule has 2 N–H and O–H groups in total. The third kappa shape index (κ3) is 6.16. The molecule has 2 aromatic rings. The van der Waals surface area contributed by atoms with Crippen LogP contribution >= 0.6 is 11.8 Å². The maximum atomic E-state index is 12.0. The number of amides is 1. The van der Waals surface area contributed by atoms with Crippen molar-refractivity contribution in [1.29, 1.82) is 0 Å². The standard InChI is InChI=1S/C18H19NO3S/c20-17(11-14-7-3-1-4-8-14)19-16(18(21)22)13-23-12-15-9-5-2-6-10-15/h1-10,16H,11-13H2,(H,19,20)(H,21,22). The average Bonchev–Trinajstić information content (AvgIpc) is 2.55. The average molecular weight is 329 g/mol. The summed E-state index contributed by atoms with van der Waals surface area (Å²) in [6.07, 6.45) is 0.188. The number of carbonyl (C=O) groups excluding carboxylic acids is 1. The number of thioether (sulfide) groups is 1. The molecule has 0 aromatic heterocycles. The second kappa shape index (κ2) is 9.00. The lowest BCUT2D eigenvalue weighted by Crippen LogP contribution is -2.43.